The van der Waals surface area contributed by atoms with Gasteiger partial charge in [-0.1, -0.05) is 23.7 Å². The minimum Gasteiger partial charge on any atom is -0.480 e. The Kier molecular flexibility index (Phi) is 4.45. The number of piperazine rings is 1. The zero-order valence-electron chi connectivity index (χ0n) is 11.2. The van der Waals surface area contributed by atoms with E-state index in [1.807, 2.05) is 11.0 Å². The third-order valence-corrected chi connectivity index (χ3v) is 3.85. The summed E-state index contributed by atoms with van der Waals surface area (Å²) in [4.78, 5) is 15.9. The second-order valence-corrected chi connectivity index (χ2v) is 5.58. The summed E-state index contributed by atoms with van der Waals surface area (Å²) in [7, 11) is 2.06. The molecule has 19 heavy (non-hydrogen) atoms. The summed E-state index contributed by atoms with van der Waals surface area (Å²) < 4.78 is 0. The van der Waals surface area contributed by atoms with Gasteiger partial charge in [0.1, 0.15) is 6.04 Å². The van der Waals surface area contributed by atoms with E-state index in [4.69, 9.17) is 11.6 Å². The first-order valence-corrected chi connectivity index (χ1v) is 6.79. The van der Waals surface area contributed by atoms with Crippen molar-refractivity contribution in [2.75, 3.05) is 26.7 Å². The molecule has 0 amide bonds. The third kappa shape index (κ3) is 3.26. The number of carboxylic acid groups (broad SMARTS) is 1. The summed E-state index contributed by atoms with van der Waals surface area (Å²) in [6.45, 7) is 4.58. The van der Waals surface area contributed by atoms with Crippen LogP contribution in [-0.4, -0.2) is 53.6 Å². The minimum atomic E-state index is -0.821. The largest absolute Gasteiger partial charge is 0.480 e. The van der Waals surface area contributed by atoms with E-state index < -0.39 is 12.0 Å². The normalized spacial score (nSPS) is 23.2. The van der Waals surface area contributed by atoms with Crippen molar-refractivity contribution >= 4 is 17.6 Å². The van der Waals surface area contributed by atoms with E-state index >= 15 is 0 Å². The predicted molar refractivity (Wildman–Crippen MR) is 75.5 cm³/mol. The molecule has 1 aliphatic heterocycles. The Morgan fingerprint density at radius 3 is 2.79 bits per heavy atom. The van der Waals surface area contributed by atoms with Crippen LogP contribution >= 0.6 is 11.6 Å². The maximum Gasteiger partial charge on any atom is 0.325 e. The molecular weight excluding hydrogens is 264 g/mol. The first-order chi connectivity index (χ1) is 8.99. The lowest BCUT2D eigenvalue weighted by molar-refractivity contribution is -0.145. The number of nitrogens with zero attached hydrogens (tertiary/aromatic N) is 2. The molecule has 2 unspecified atom stereocenters. The van der Waals surface area contributed by atoms with E-state index in [9.17, 15) is 9.90 Å². The van der Waals surface area contributed by atoms with Crippen molar-refractivity contribution in [3.63, 3.8) is 0 Å². The van der Waals surface area contributed by atoms with Gasteiger partial charge in [0.2, 0.25) is 0 Å². The summed E-state index contributed by atoms with van der Waals surface area (Å²) in [6, 6.07) is 6.72. The van der Waals surface area contributed by atoms with Crippen molar-refractivity contribution < 1.29 is 9.90 Å². The van der Waals surface area contributed by atoms with Crippen molar-refractivity contribution in [1.82, 2.24) is 9.80 Å². The second kappa shape index (κ2) is 5.90. The van der Waals surface area contributed by atoms with Gasteiger partial charge in [-0.25, -0.2) is 0 Å². The van der Waals surface area contributed by atoms with Crippen LogP contribution in [-0.2, 0) is 4.79 Å². The molecule has 5 heteroatoms. The first-order valence-electron chi connectivity index (χ1n) is 6.41. The van der Waals surface area contributed by atoms with E-state index in [-0.39, 0.29) is 6.04 Å². The van der Waals surface area contributed by atoms with Gasteiger partial charge in [-0.15, -0.1) is 0 Å². The van der Waals surface area contributed by atoms with E-state index in [1.165, 1.54) is 0 Å². The van der Waals surface area contributed by atoms with Crippen molar-refractivity contribution in [1.29, 1.82) is 0 Å². The van der Waals surface area contributed by atoms with E-state index in [0.29, 0.717) is 5.02 Å². The number of carbonyl (C=O) groups is 1. The van der Waals surface area contributed by atoms with E-state index in [1.54, 1.807) is 18.2 Å². The molecule has 1 aromatic carbocycles. The third-order valence-electron chi connectivity index (χ3n) is 3.61. The highest BCUT2D eigenvalue weighted by molar-refractivity contribution is 6.30. The van der Waals surface area contributed by atoms with Crippen LogP contribution in [0.25, 0.3) is 0 Å². The summed E-state index contributed by atoms with van der Waals surface area (Å²) in [6.07, 6.45) is 0. The number of carboxylic acids is 1. The molecule has 1 aromatic rings. The Morgan fingerprint density at radius 2 is 2.21 bits per heavy atom. The Hall–Kier alpha value is -1.10. The number of hydrogen-bond donors (Lipinski definition) is 1. The van der Waals surface area contributed by atoms with Crippen molar-refractivity contribution in [2.24, 2.45) is 0 Å². The molecule has 0 aliphatic carbocycles. The molecule has 0 aromatic heterocycles. The second-order valence-electron chi connectivity index (χ2n) is 5.14. The lowest BCUT2D eigenvalue weighted by Gasteiger charge is -2.41. The molecule has 0 saturated carbocycles. The zero-order valence-corrected chi connectivity index (χ0v) is 12.0. The molecule has 2 atom stereocenters. The van der Waals surface area contributed by atoms with E-state index in [2.05, 4.69) is 18.9 Å². The lowest BCUT2D eigenvalue weighted by Crippen LogP contribution is -2.53. The van der Waals surface area contributed by atoms with Crippen molar-refractivity contribution in [3.05, 3.63) is 34.9 Å². The Morgan fingerprint density at radius 1 is 1.47 bits per heavy atom. The number of rotatable bonds is 3. The number of aliphatic carboxylic acids is 1. The number of benzene rings is 1. The van der Waals surface area contributed by atoms with Crippen molar-refractivity contribution in [3.8, 4) is 0 Å². The van der Waals surface area contributed by atoms with Gasteiger partial charge in [-0.2, -0.15) is 0 Å². The van der Waals surface area contributed by atoms with Crippen LogP contribution in [0.15, 0.2) is 24.3 Å². The Balaban J connectivity index is 2.28. The Bertz CT molecular complexity index is 467. The van der Waals surface area contributed by atoms with Crippen LogP contribution < -0.4 is 0 Å². The highest BCUT2D eigenvalue weighted by Crippen LogP contribution is 2.27. The standard InChI is InChI=1S/C14H19ClN2O2/c1-10-9-16(2)6-7-17(10)13(14(18)19)11-4-3-5-12(15)8-11/h3-5,8,10,13H,6-7,9H2,1-2H3,(H,18,19). The molecule has 0 spiro atoms. The van der Waals surface area contributed by atoms with Crippen LogP contribution in [0.1, 0.15) is 18.5 Å². The monoisotopic (exact) mass is 282 g/mol. The van der Waals surface area contributed by atoms with Crippen LogP contribution in [0.2, 0.25) is 5.02 Å². The molecule has 1 saturated heterocycles. The highest BCUT2D eigenvalue weighted by Gasteiger charge is 2.33. The number of halogens is 1. The van der Waals surface area contributed by atoms with Crippen LogP contribution in [0.5, 0.6) is 0 Å². The van der Waals surface area contributed by atoms with Gasteiger partial charge in [-0.3, -0.25) is 9.69 Å². The van der Waals surface area contributed by atoms with Gasteiger partial charge in [0.05, 0.1) is 0 Å². The summed E-state index contributed by atoms with van der Waals surface area (Å²) in [5.74, 6) is -0.821. The zero-order chi connectivity index (χ0) is 14.0. The average Bonchev–Trinajstić information content (AvgIpc) is 2.32. The van der Waals surface area contributed by atoms with Gasteiger partial charge < -0.3 is 10.0 Å². The van der Waals surface area contributed by atoms with Gasteiger partial charge in [0.15, 0.2) is 0 Å². The number of hydrogen-bond acceptors (Lipinski definition) is 3. The fourth-order valence-electron chi connectivity index (χ4n) is 2.69. The van der Waals surface area contributed by atoms with Gasteiger partial charge in [0.25, 0.3) is 0 Å². The quantitative estimate of drug-likeness (QED) is 0.922. The van der Waals surface area contributed by atoms with Gasteiger partial charge >= 0.3 is 5.97 Å². The van der Waals surface area contributed by atoms with Crippen LogP contribution in [0, 0.1) is 0 Å². The van der Waals surface area contributed by atoms with E-state index in [0.717, 1.165) is 25.2 Å². The fraction of sp³-hybridized carbons (Fsp3) is 0.500. The molecule has 1 N–H and O–H groups in total. The molecular formula is C14H19ClN2O2. The molecule has 0 bridgehead atoms. The predicted octanol–water partition coefficient (Wildman–Crippen LogP) is 2.10. The minimum absolute atomic E-state index is 0.207. The molecule has 1 fully saturated rings. The topological polar surface area (TPSA) is 43.8 Å². The number of likely N-dealkylation sites (N-methyl/N-ethyl adjacent to an activating group) is 1. The smallest absolute Gasteiger partial charge is 0.325 e. The molecule has 104 valence electrons. The maximum absolute atomic E-state index is 11.6. The lowest BCUT2D eigenvalue weighted by atomic mass is 10.0. The fourth-order valence-corrected chi connectivity index (χ4v) is 2.89. The maximum atomic E-state index is 11.6. The highest BCUT2D eigenvalue weighted by atomic mass is 35.5. The molecule has 1 aliphatic rings. The van der Waals surface area contributed by atoms with Gasteiger partial charge in [0, 0.05) is 30.7 Å². The van der Waals surface area contributed by atoms with Gasteiger partial charge in [-0.05, 0) is 31.7 Å². The average molecular weight is 283 g/mol. The molecule has 2 rings (SSSR count). The SMILES string of the molecule is CC1CN(C)CCN1C(C(=O)O)c1cccc(Cl)c1. The Labute approximate surface area is 118 Å². The van der Waals surface area contributed by atoms with Crippen LogP contribution in [0.4, 0.5) is 0 Å². The molecule has 1 heterocycles. The van der Waals surface area contributed by atoms with Crippen molar-refractivity contribution in [2.45, 2.75) is 19.0 Å². The summed E-state index contributed by atoms with van der Waals surface area (Å²) in [5, 5.41) is 10.1. The summed E-state index contributed by atoms with van der Waals surface area (Å²) in [5.41, 5.74) is 0.747. The summed E-state index contributed by atoms with van der Waals surface area (Å²) >= 11 is 5.97. The van der Waals surface area contributed by atoms with Crippen LogP contribution in [0.3, 0.4) is 0 Å². The molecule has 0 radical (unpaired) electrons. The first kappa shape index (κ1) is 14.3. The molecule has 4 nitrogen and oxygen atoms in total.